The van der Waals surface area contributed by atoms with Gasteiger partial charge in [-0.05, 0) is 39.4 Å². The molecule has 0 aliphatic carbocycles. The molecule has 1 N–H and O–H groups in total. The van der Waals surface area contributed by atoms with Crippen molar-refractivity contribution in [1.29, 1.82) is 0 Å². The second kappa shape index (κ2) is 5.83. The van der Waals surface area contributed by atoms with Crippen LogP contribution in [0.5, 0.6) is 0 Å². The smallest absolute Gasteiger partial charge is 0.0107 e. The molecule has 0 bridgehead atoms. The van der Waals surface area contributed by atoms with Crippen LogP contribution in [0.4, 0.5) is 0 Å². The number of piperazine rings is 1. The summed E-state index contributed by atoms with van der Waals surface area (Å²) in [6.07, 6.45) is 5.64. The molecule has 2 aliphatic heterocycles. The van der Waals surface area contributed by atoms with E-state index in [1.165, 1.54) is 65.0 Å². The summed E-state index contributed by atoms with van der Waals surface area (Å²) in [4.78, 5) is 5.17. The Kier molecular flexibility index (Phi) is 4.42. The van der Waals surface area contributed by atoms with Crippen LogP contribution in [0.2, 0.25) is 0 Å². The molecule has 2 saturated heterocycles. The highest BCUT2D eigenvalue weighted by Crippen LogP contribution is 2.17. The molecule has 2 aliphatic rings. The molecule has 3 heteroatoms. The molecular formula is C12H25N3. The quantitative estimate of drug-likeness (QED) is 0.744. The zero-order valence-electron chi connectivity index (χ0n) is 10.0. The molecule has 15 heavy (non-hydrogen) atoms. The topological polar surface area (TPSA) is 18.5 Å². The van der Waals surface area contributed by atoms with Gasteiger partial charge in [0.25, 0.3) is 0 Å². The lowest BCUT2D eigenvalue weighted by Gasteiger charge is -2.35. The molecule has 0 aromatic carbocycles. The Hall–Kier alpha value is -0.120. The second-order valence-corrected chi connectivity index (χ2v) is 5.01. The fourth-order valence-electron chi connectivity index (χ4n) is 2.78. The molecule has 0 amide bonds. The predicted octanol–water partition coefficient (Wildman–Crippen LogP) is 0.766. The van der Waals surface area contributed by atoms with Gasteiger partial charge in [-0.3, -0.25) is 0 Å². The SMILES string of the molecule is CN1CCCC[C@@H]1CCN1CCNCC1. The van der Waals surface area contributed by atoms with E-state index in [1.54, 1.807) is 0 Å². The van der Waals surface area contributed by atoms with Gasteiger partial charge in [0.15, 0.2) is 0 Å². The summed E-state index contributed by atoms with van der Waals surface area (Å²) in [5.74, 6) is 0. The molecule has 0 spiro atoms. The zero-order chi connectivity index (χ0) is 10.5. The summed E-state index contributed by atoms with van der Waals surface area (Å²) < 4.78 is 0. The summed E-state index contributed by atoms with van der Waals surface area (Å²) in [6, 6.07) is 0.855. The van der Waals surface area contributed by atoms with Crippen molar-refractivity contribution in [2.24, 2.45) is 0 Å². The number of nitrogens with one attached hydrogen (secondary N) is 1. The van der Waals surface area contributed by atoms with Gasteiger partial charge in [0.1, 0.15) is 0 Å². The highest BCUT2D eigenvalue weighted by Gasteiger charge is 2.19. The average Bonchev–Trinajstić information content (AvgIpc) is 2.29. The van der Waals surface area contributed by atoms with Crippen LogP contribution >= 0.6 is 0 Å². The van der Waals surface area contributed by atoms with Gasteiger partial charge in [-0.25, -0.2) is 0 Å². The minimum atomic E-state index is 0.855. The van der Waals surface area contributed by atoms with E-state index in [1.807, 2.05) is 0 Å². The Morgan fingerprint density at radius 3 is 2.67 bits per heavy atom. The molecule has 2 fully saturated rings. The van der Waals surface area contributed by atoms with Gasteiger partial charge in [0.05, 0.1) is 0 Å². The molecule has 88 valence electrons. The van der Waals surface area contributed by atoms with Crippen molar-refractivity contribution in [1.82, 2.24) is 15.1 Å². The van der Waals surface area contributed by atoms with Crippen molar-refractivity contribution in [3.05, 3.63) is 0 Å². The number of hydrogen-bond donors (Lipinski definition) is 1. The third-order valence-corrected chi connectivity index (χ3v) is 3.91. The van der Waals surface area contributed by atoms with Gasteiger partial charge >= 0.3 is 0 Å². The fraction of sp³-hybridized carbons (Fsp3) is 1.00. The Bertz CT molecular complexity index is 178. The van der Waals surface area contributed by atoms with Gasteiger partial charge in [0, 0.05) is 32.2 Å². The molecule has 1 atom stereocenters. The van der Waals surface area contributed by atoms with E-state index in [0.717, 1.165) is 6.04 Å². The van der Waals surface area contributed by atoms with Gasteiger partial charge < -0.3 is 15.1 Å². The van der Waals surface area contributed by atoms with Crippen molar-refractivity contribution in [2.45, 2.75) is 31.7 Å². The number of likely N-dealkylation sites (tertiary alicyclic amines) is 1. The fourth-order valence-corrected chi connectivity index (χ4v) is 2.78. The van der Waals surface area contributed by atoms with E-state index in [9.17, 15) is 0 Å². The van der Waals surface area contributed by atoms with Gasteiger partial charge in [-0.1, -0.05) is 6.42 Å². The number of hydrogen-bond acceptors (Lipinski definition) is 3. The molecular weight excluding hydrogens is 186 g/mol. The van der Waals surface area contributed by atoms with Crippen molar-refractivity contribution in [2.75, 3.05) is 46.3 Å². The molecule has 0 aromatic rings. The van der Waals surface area contributed by atoms with Crippen LogP contribution in [-0.2, 0) is 0 Å². The third kappa shape index (κ3) is 3.44. The number of rotatable bonds is 3. The van der Waals surface area contributed by atoms with Crippen molar-refractivity contribution < 1.29 is 0 Å². The second-order valence-electron chi connectivity index (χ2n) is 5.01. The van der Waals surface area contributed by atoms with Crippen LogP contribution in [0, 0.1) is 0 Å². The Balaban J connectivity index is 1.67. The largest absolute Gasteiger partial charge is 0.314 e. The van der Waals surface area contributed by atoms with E-state index >= 15 is 0 Å². The number of piperidine rings is 1. The van der Waals surface area contributed by atoms with E-state index < -0.39 is 0 Å². The summed E-state index contributed by atoms with van der Waals surface area (Å²) >= 11 is 0. The minimum Gasteiger partial charge on any atom is -0.314 e. The van der Waals surface area contributed by atoms with E-state index in [2.05, 4.69) is 22.2 Å². The average molecular weight is 211 g/mol. The lowest BCUT2D eigenvalue weighted by atomic mass is 10.00. The van der Waals surface area contributed by atoms with E-state index in [4.69, 9.17) is 0 Å². The first-order chi connectivity index (χ1) is 7.36. The van der Waals surface area contributed by atoms with Crippen LogP contribution in [0.1, 0.15) is 25.7 Å². The third-order valence-electron chi connectivity index (χ3n) is 3.91. The maximum absolute atomic E-state index is 3.41. The van der Waals surface area contributed by atoms with Crippen molar-refractivity contribution in [3.8, 4) is 0 Å². The van der Waals surface area contributed by atoms with Crippen LogP contribution in [0.15, 0.2) is 0 Å². The number of nitrogens with zero attached hydrogens (tertiary/aromatic N) is 2. The van der Waals surface area contributed by atoms with E-state index in [0.29, 0.717) is 0 Å². The van der Waals surface area contributed by atoms with Crippen LogP contribution < -0.4 is 5.32 Å². The molecule has 3 nitrogen and oxygen atoms in total. The maximum Gasteiger partial charge on any atom is 0.0107 e. The van der Waals surface area contributed by atoms with Crippen LogP contribution in [-0.4, -0.2) is 62.2 Å². The standard InChI is InChI=1S/C12H25N3/c1-14-8-3-2-4-12(14)5-9-15-10-6-13-7-11-15/h12-13H,2-11H2,1H3/t12-/m1/s1. The molecule has 0 unspecified atom stereocenters. The predicted molar refractivity (Wildman–Crippen MR) is 64.2 cm³/mol. The van der Waals surface area contributed by atoms with Gasteiger partial charge in [-0.2, -0.15) is 0 Å². The van der Waals surface area contributed by atoms with Crippen molar-refractivity contribution >= 4 is 0 Å². The van der Waals surface area contributed by atoms with Crippen LogP contribution in [0.3, 0.4) is 0 Å². The Morgan fingerprint density at radius 1 is 1.13 bits per heavy atom. The minimum absolute atomic E-state index is 0.855. The van der Waals surface area contributed by atoms with Crippen molar-refractivity contribution in [3.63, 3.8) is 0 Å². The highest BCUT2D eigenvalue weighted by molar-refractivity contribution is 4.76. The molecule has 0 aromatic heterocycles. The first-order valence-electron chi connectivity index (χ1n) is 6.49. The molecule has 0 radical (unpaired) electrons. The first-order valence-corrected chi connectivity index (χ1v) is 6.49. The van der Waals surface area contributed by atoms with Gasteiger partial charge in [0.2, 0.25) is 0 Å². The molecule has 2 heterocycles. The van der Waals surface area contributed by atoms with E-state index in [-0.39, 0.29) is 0 Å². The maximum atomic E-state index is 3.41. The summed E-state index contributed by atoms with van der Waals surface area (Å²) in [6.45, 7) is 7.47. The Labute approximate surface area is 93.8 Å². The molecule has 0 saturated carbocycles. The summed E-state index contributed by atoms with van der Waals surface area (Å²) in [5.41, 5.74) is 0. The normalized spacial score (nSPS) is 30.6. The zero-order valence-corrected chi connectivity index (χ0v) is 10.0. The lowest BCUT2D eigenvalue weighted by molar-refractivity contribution is 0.148. The monoisotopic (exact) mass is 211 g/mol. The highest BCUT2D eigenvalue weighted by atomic mass is 15.2. The van der Waals surface area contributed by atoms with Gasteiger partial charge in [-0.15, -0.1) is 0 Å². The Morgan fingerprint density at radius 2 is 1.93 bits per heavy atom. The summed E-state index contributed by atoms with van der Waals surface area (Å²) in [5, 5.41) is 3.41. The molecule has 2 rings (SSSR count). The first kappa shape index (κ1) is 11.4. The van der Waals surface area contributed by atoms with Crippen LogP contribution in [0.25, 0.3) is 0 Å². The summed E-state index contributed by atoms with van der Waals surface area (Å²) in [7, 11) is 2.29. The lowest BCUT2D eigenvalue weighted by Crippen LogP contribution is -2.45.